The molecule has 4 rings (SSSR count). The summed E-state index contributed by atoms with van der Waals surface area (Å²) in [6.07, 6.45) is 1.68. The van der Waals surface area contributed by atoms with E-state index in [-0.39, 0.29) is 41.2 Å². The summed E-state index contributed by atoms with van der Waals surface area (Å²) in [5.41, 5.74) is 3.31. The first-order valence-electron chi connectivity index (χ1n) is 8.76. The van der Waals surface area contributed by atoms with E-state index in [1.54, 1.807) is 6.20 Å². The number of nitrogens with zero attached hydrogens (tertiary/aromatic N) is 2. The molecule has 9 heteroatoms. The summed E-state index contributed by atoms with van der Waals surface area (Å²) in [5.74, 6) is 1.23. The Morgan fingerprint density at radius 2 is 2.04 bits per heavy atom. The fourth-order valence-corrected chi connectivity index (χ4v) is 4.03. The Balaban J connectivity index is 0.00000225. The zero-order chi connectivity index (χ0) is 18.6. The Morgan fingerprint density at radius 1 is 1.25 bits per heavy atom. The summed E-state index contributed by atoms with van der Waals surface area (Å²) in [7, 11) is 0. The third-order valence-electron chi connectivity index (χ3n) is 4.46. The second-order valence-corrected chi connectivity index (χ2v) is 7.83. The Labute approximate surface area is 188 Å². The predicted molar refractivity (Wildman–Crippen MR) is 108 cm³/mol. The van der Waals surface area contributed by atoms with Gasteiger partial charge in [-0.15, -0.1) is 0 Å². The maximum atomic E-state index is 12.8. The molecular formula is C19H22N3NaO4S. The number of benzene rings is 1. The molecule has 1 unspecified atom stereocenters. The number of para-hydroxylation sites is 2. The van der Waals surface area contributed by atoms with Crippen molar-refractivity contribution in [3.05, 3.63) is 47.8 Å². The van der Waals surface area contributed by atoms with Crippen LogP contribution in [0.2, 0.25) is 0 Å². The topological polar surface area (TPSA) is 92.3 Å². The average Bonchev–Trinajstić information content (AvgIpc) is 3.14. The number of rotatable bonds is 6. The molecule has 1 aliphatic heterocycles. The van der Waals surface area contributed by atoms with Gasteiger partial charge in [0.1, 0.15) is 12.5 Å². The number of H-pyrrole nitrogens is 1. The van der Waals surface area contributed by atoms with Crippen molar-refractivity contribution in [2.75, 3.05) is 26.6 Å². The molecule has 0 aliphatic carbocycles. The third kappa shape index (κ3) is 5.07. The number of ether oxygens (including phenoxy) is 3. The van der Waals surface area contributed by atoms with Crippen molar-refractivity contribution in [3.8, 4) is 5.75 Å². The van der Waals surface area contributed by atoms with Crippen LogP contribution in [-0.2, 0) is 26.4 Å². The molecule has 0 radical (unpaired) electrons. The molecule has 0 saturated carbocycles. The minimum absolute atomic E-state index is 0. The summed E-state index contributed by atoms with van der Waals surface area (Å²) in [4.78, 5) is 11.9. The van der Waals surface area contributed by atoms with E-state index >= 15 is 0 Å². The number of nitrogens with one attached hydrogen (secondary N) is 1. The van der Waals surface area contributed by atoms with Crippen LogP contribution >= 0.6 is 0 Å². The second kappa shape index (κ2) is 10.1. The van der Waals surface area contributed by atoms with Gasteiger partial charge in [0, 0.05) is 28.9 Å². The van der Waals surface area contributed by atoms with Gasteiger partial charge in [0.05, 0.1) is 36.5 Å². The van der Waals surface area contributed by atoms with Gasteiger partial charge >= 0.3 is 34.7 Å². The standard InChI is InChI=1S/C19H21N3O4S.Na.H/c1-13-17(11-27(23)19-21-15-4-2-3-5-16(15)22-19)20-7-6-18(13)26-10-14-8-24-12-25-9-14;;/h2-7,14H,8-12H2,1H3,(H,21,22);;. The number of aromatic nitrogens is 3. The van der Waals surface area contributed by atoms with Gasteiger partial charge in [-0.1, -0.05) is 12.1 Å². The van der Waals surface area contributed by atoms with Crippen LogP contribution < -0.4 is 4.74 Å². The van der Waals surface area contributed by atoms with Gasteiger partial charge in [0.15, 0.2) is 5.75 Å². The molecule has 3 aromatic rings. The fraction of sp³-hybridized carbons (Fsp3) is 0.368. The molecule has 1 N–H and O–H groups in total. The van der Waals surface area contributed by atoms with E-state index in [2.05, 4.69) is 15.0 Å². The van der Waals surface area contributed by atoms with E-state index in [9.17, 15) is 4.55 Å². The van der Waals surface area contributed by atoms with Gasteiger partial charge in [-0.25, -0.2) is 0 Å². The Bertz CT molecular complexity index is 884. The van der Waals surface area contributed by atoms with E-state index < -0.39 is 11.2 Å². The SMILES string of the molecule is Cc1c(OCC2COCOC2)ccnc1C[S+]([O-])c1nc2ccccc2[nH]1.[NaH]. The van der Waals surface area contributed by atoms with Crippen LogP contribution in [0.5, 0.6) is 5.75 Å². The molecule has 144 valence electrons. The van der Waals surface area contributed by atoms with Crippen molar-refractivity contribution >= 4 is 51.8 Å². The molecule has 1 aliphatic rings. The molecule has 2 aromatic heterocycles. The van der Waals surface area contributed by atoms with Crippen LogP contribution in [0.15, 0.2) is 41.7 Å². The van der Waals surface area contributed by atoms with Gasteiger partial charge in [-0.05, 0) is 25.1 Å². The van der Waals surface area contributed by atoms with Gasteiger partial charge in [0.2, 0.25) is 0 Å². The Kier molecular flexibility index (Phi) is 7.76. The first kappa shape index (κ1) is 21.6. The number of hydrogen-bond acceptors (Lipinski definition) is 6. The predicted octanol–water partition coefficient (Wildman–Crippen LogP) is 1.92. The monoisotopic (exact) mass is 411 g/mol. The van der Waals surface area contributed by atoms with E-state index in [1.165, 1.54) is 0 Å². The van der Waals surface area contributed by atoms with E-state index in [1.807, 2.05) is 37.3 Å². The maximum absolute atomic E-state index is 12.8. The van der Waals surface area contributed by atoms with Crippen LogP contribution in [0.1, 0.15) is 11.3 Å². The van der Waals surface area contributed by atoms with Gasteiger partial charge in [-0.3, -0.25) is 9.97 Å². The summed E-state index contributed by atoms with van der Waals surface area (Å²) < 4.78 is 29.3. The molecule has 1 atom stereocenters. The van der Waals surface area contributed by atoms with Crippen molar-refractivity contribution in [1.29, 1.82) is 0 Å². The minimum atomic E-state index is -1.32. The number of fused-ring (bicyclic) bond motifs is 1. The zero-order valence-electron chi connectivity index (χ0n) is 15.0. The molecule has 0 amide bonds. The summed E-state index contributed by atoms with van der Waals surface area (Å²) in [5, 5.41) is 0.459. The van der Waals surface area contributed by atoms with Crippen molar-refractivity contribution in [3.63, 3.8) is 0 Å². The van der Waals surface area contributed by atoms with Crippen LogP contribution in [0.3, 0.4) is 0 Å². The molecular weight excluding hydrogens is 389 g/mol. The second-order valence-electron chi connectivity index (χ2n) is 6.47. The van der Waals surface area contributed by atoms with Crippen molar-refractivity contribution in [2.45, 2.75) is 17.8 Å². The fourth-order valence-electron chi connectivity index (χ4n) is 2.93. The van der Waals surface area contributed by atoms with E-state index in [4.69, 9.17) is 14.2 Å². The van der Waals surface area contributed by atoms with Gasteiger partial charge in [-0.2, -0.15) is 4.98 Å². The average molecular weight is 411 g/mol. The van der Waals surface area contributed by atoms with Crippen molar-refractivity contribution in [1.82, 2.24) is 15.0 Å². The molecule has 28 heavy (non-hydrogen) atoms. The molecule has 7 nitrogen and oxygen atoms in total. The van der Waals surface area contributed by atoms with Crippen LogP contribution in [0.25, 0.3) is 11.0 Å². The zero-order valence-corrected chi connectivity index (χ0v) is 15.8. The molecule has 1 saturated heterocycles. The molecule has 1 aromatic carbocycles. The normalized spacial score (nSPS) is 15.9. The van der Waals surface area contributed by atoms with E-state index in [0.717, 1.165) is 28.0 Å². The van der Waals surface area contributed by atoms with Crippen molar-refractivity contribution < 1.29 is 18.8 Å². The summed E-state index contributed by atoms with van der Waals surface area (Å²) in [6.45, 7) is 4.06. The number of hydrogen-bond donors (Lipinski definition) is 1. The Morgan fingerprint density at radius 3 is 2.82 bits per heavy atom. The number of aromatic amines is 1. The van der Waals surface area contributed by atoms with Crippen molar-refractivity contribution in [2.24, 2.45) is 5.92 Å². The summed E-state index contributed by atoms with van der Waals surface area (Å²) in [6, 6.07) is 9.46. The molecule has 3 heterocycles. The first-order chi connectivity index (χ1) is 13.2. The molecule has 1 fully saturated rings. The Hall–Kier alpha value is -1.13. The molecule has 0 spiro atoms. The first-order valence-corrected chi connectivity index (χ1v) is 10.1. The number of pyridine rings is 1. The summed E-state index contributed by atoms with van der Waals surface area (Å²) >= 11 is -1.32. The van der Waals surface area contributed by atoms with Crippen LogP contribution in [0.4, 0.5) is 0 Å². The van der Waals surface area contributed by atoms with E-state index in [0.29, 0.717) is 31.8 Å². The van der Waals surface area contributed by atoms with Gasteiger partial charge < -0.3 is 18.8 Å². The molecule has 0 bridgehead atoms. The van der Waals surface area contributed by atoms with Gasteiger partial charge in [0.25, 0.3) is 0 Å². The van der Waals surface area contributed by atoms with Crippen LogP contribution in [-0.4, -0.2) is 75.7 Å². The quantitative estimate of drug-likeness (QED) is 0.492. The van der Waals surface area contributed by atoms with Crippen LogP contribution in [0, 0.1) is 12.8 Å². The number of imidazole rings is 1. The third-order valence-corrected chi connectivity index (χ3v) is 5.62.